The zero-order valence-corrected chi connectivity index (χ0v) is 16.3. The molecule has 1 aromatic carbocycles. The number of nitro groups is 1. The highest BCUT2D eigenvalue weighted by Gasteiger charge is 2.48. The summed E-state index contributed by atoms with van der Waals surface area (Å²) in [6.45, 7) is 11.9. The Bertz CT molecular complexity index is 697. The summed E-state index contributed by atoms with van der Waals surface area (Å²) >= 11 is 0. The first kappa shape index (κ1) is 22.2. The summed E-state index contributed by atoms with van der Waals surface area (Å²) in [6.07, 6.45) is 5.89. The summed E-state index contributed by atoms with van der Waals surface area (Å²) in [7, 11) is 0. The zero-order chi connectivity index (χ0) is 20.7. The van der Waals surface area contributed by atoms with E-state index in [1.807, 2.05) is 44.9 Å². The molecule has 0 saturated heterocycles. The van der Waals surface area contributed by atoms with Crippen LogP contribution in [0.4, 0.5) is 5.69 Å². The predicted molar refractivity (Wildman–Crippen MR) is 104 cm³/mol. The molecule has 148 valence electrons. The van der Waals surface area contributed by atoms with Gasteiger partial charge in [-0.25, -0.2) is 0 Å². The summed E-state index contributed by atoms with van der Waals surface area (Å²) in [4.78, 5) is 23.4. The van der Waals surface area contributed by atoms with Crippen molar-refractivity contribution in [2.45, 2.75) is 46.3 Å². The zero-order valence-electron chi connectivity index (χ0n) is 16.3. The Kier molecular flexibility index (Phi) is 7.57. The molecule has 0 amide bonds. The fourth-order valence-electron chi connectivity index (χ4n) is 3.05. The highest BCUT2D eigenvalue weighted by molar-refractivity contribution is 5.66. The second-order valence-electron chi connectivity index (χ2n) is 6.74. The van der Waals surface area contributed by atoms with Crippen molar-refractivity contribution in [1.82, 2.24) is 4.90 Å². The average molecular weight is 376 g/mol. The Morgan fingerprint density at radius 2 is 1.96 bits per heavy atom. The third-order valence-corrected chi connectivity index (χ3v) is 4.69. The van der Waals surface area contributed by atoms with Crippen molar-refractivity contribution in [2.75, 3.05) is 6.54 Å². The van der Waals surface area contributed by atoms with Gasteiger partial charge in [-0.15, -0.1) is 6.58 Å². The standard InChI is InChI=1S/C20H28N2O5/c1-6-14-21(15-13-18(23)24)20(8-3,19(4,5)7-2)27-17-11-9-16(10-12-17)22(25)26/h6-7,9-12,14H,2,8,13,15H2,1,3-5H3,(H,23,24)/b14-6+. The van der Waals surface area contributed by atoms with Crippen LogP contribution in [0.1, 0.15) is 40.5 Å². The van der Waals surface area contributed by atoms with Gasteiger partial charge in [-0.1, -0.05) is 32.9 Å². The lowest BCUT2D eigenvalue weighted by Crippen LogP contribution is -2.59. The Labute approximate surface area is 160 Å². The van der Waals surface area contributed by atoms with Gasteiger partial charge in [-0.05, 0) is 25.3 Å². The highest BCUT2D eigenvalue weighted by Crippen LogP contribution is 2.42. The second-order valence-corrected chi connectivity index (χ2v) is 6.74. The van der Waals surface area contributed by atoms with Gasteiger partial charge in [0, 0.05) is 30.5 Å². The van der Waals surface area contributed by atoms with Gasteiger partial charge in [0.1, 0.15) is 5.75 Å². The van der Waals surface area contributed by atoms with E-state index in [1.54, 1.807) is 18.2 Å². The van der Waals surface area contributed by atoms with Crippen LogP contribution in [0, 0.1) is 15.5 Å². The van der Waals surface area contributed by atoms with Crippen molar-refractivity contribution in [3.8, 4) is 5.75 Å². The third-order valence-electron chi connectivity index (χ3n) is 4.69. The van der Waals surface area contributed by atoms with Crippen molar-refractivity contribution >= 4 is 11.7 Å². The van der Waals surface area contributed by atoms with E-state index in [9.17, 15) is 14.9 Å². The number of hydrogen-bond acceptors (Lipinski definition) is 5. The molecule has 0 bridgehead atoms. The molecule has 0 saturated carbocycles. The predicted octanol–water partition coefficient (Wildman–Crippen LogP) is 4.60. The van der Waals surface area contributed by atoms with Crippen molar-refractivity contribution in [2.24, 2.45) is 5.41 Å². The number of nitrogens with zero attached hydrogens (tertiary/aromatic N) is 2. The van der Waals surface area contributed by atoms with Gasteiger partial charge in [-0.2, -0.15) is 0 Å². The molecule has 1 rings (SSSR count). The molecule has 1 aromatic rings. The van der Waals surface area contributed by atoms with E-state index in [0.717, 1.165) is 0 Å². The molecular formula is C20H28N2O5. The summed E-state index contributed by atoms with van der Waals surface area (Å²) in [5, 5.41) is 20.0. The van der Waals surface area contributed by atoms with Gasteiger partial charge in [-0.3, -0.25) is 14.9 Å². The molecule has 0 aliphatic rings. The number of non-ortho nitro benzene ring substituents is 1. The highest BCUT2D eigenvalue weighted by atomic mass is 16.6. The SMILES string of the molecule is C=CC(C)(C)C(CC)(Oc1ccc([N+](=O)[O-])cc1)N(/C=C/C)CCC(=O)O. The van der Waals surface area contributed by atoms with Crippen molar-refractivity contribution in [1.29, 1.82) is 0 Å². The number of aliphatic carboxylic acids is 1. The van der Waals surface area contributed by atoms with Crippen molar-refractivity contribution in [3.05, 3.63) is 59.3 Å². The molecule has 0 heterocycles. The van der Waals surface area contributed by atoms with Crippen LogP contribution in [0.3, 0.4) is 0 Å². The lowest BCUT2D eigenvalue weighted by atomic mass is 9.77. The lowest BCUT2D eigenvalue weighted by molar-refractivity contribution is -0.384. The maximum atomic E-state index is 11.1. The summed E-state index contributed by atoms with van der Waals surface area (Å²) in [6, 6.07) is 5.86. The smallest absolute Gasteiger partial charge is 0.305 e. The average Bonchev–Trinajstić information content (AvgIpc) is 2.63. The minimum Gasteiger partial charge on any atom is -0.481 e. The third kappa shape index (κ3) is 5.09. The van der Waals surface area contributed by atoms with Crippen molar-refractivity contribution < 1.29 is 19.6 Å². The summed E-state index contributed by atoms with van der Waals surface area (Å²) in [5.41, 5.74) is -1.50. The van der Waals surface area contributed by atoms with Gasteiger partial charge in [0.25, 0.3) is 5.69 Å². The number of nitro benzene ring substituents is 1. The van der Waals surface area contributed by atoms with Crippen LogP contribution in [-0.2, 0) is 4.79 Å². The molecular weight excluding hydrogens is 348 g/mol. The van der Waals surface area contributed by atoms with Gasteiger partial charge >= 0.3 is 5.97 Å². The first-order valence-electron chi connectivity index (χ1n) is 8.82. The van der Waals surface area contributed by atoms with Gasteiger partial charge in [0.05, 0.1) is 11.3 Å². The number of benzene rings is 1. The molecule has 1 atom stereocenters. The monoisotopic (exact) mass is 376 g/mol. The van der Waals surface area contributed by atoms with E-state index in [0.29, 0.717) is 12.2 Å². The second kappa shape index (κ2) is 9.21. The van der Waals surface area contributed by atoms with Crippen molar-refractivity contribution in [3.63, 3.8) is 0 Å². The topological polar surface area (TPSA) is 92.9 Å². The molecule has 0 aliphatic heterocycles. The van der Waals surface area contributed by atoms with Crippen LogP contribution in [0.5, 0.6) is 5.75 Å². The molecule has 0 fully saturated rings. The van der Waals surface area contributed by atoms with Gasteiger partial charge < -0.3 is 14.7 Å². The number of carbonyl (C=O) groups is 1. The van der Waals surface area contributed by atoms with E-state index >= 15 is 0 Å². The van der Waals surface area contributed by atoms with E-state index in [2.05, 4.69) is 6.58 Å². The Morgan fingerprint density at radius 1 is 1.37 bits per heavy atom. The summed E-state index contributed by atoms with van der Waals surface area (Å²) in [5.74, 6) is -0.441. The molecule has 0 aromatic heterocycles. The minimum absolute atomic E-state index is 0.0244. The number of carboxylic acids is 1. The molecule has 0 spiro atoms. The Morgan fingerprint density at radius 3 is 2.37 bits per heavy atom. The first-order valence-corrected chi connectivity index (χ1v) is 8.82. The number of ether oxygens (including phenoxy) is 1. The normalized spacial score (nSPS) is 13.8. The fraction of sp³-hybridized carbons (Fsp3) is 0.450. The minimum atomic E-state index is -0.924. The van der Waals surface area contributed by atoms with E-state index in [4.69, 9.17) is 9.84 Å². The lowest BCUT2D eigenvalue weighted by Gasteiger charge is -2.51. The van der Waals surface area contributed by atoms with Crippen LogP contribution < -0.4 is 4.74 Å². The van der Waals surface area contributed by atoms with Gasteiger partial charge in [0.15, 0.2) is 5.72 Å². The maximum absolute atomic E-state index is 11.1. The fourth-order valence-corrected chi connectivity index (χ4v) is 3.05. The maximum Gasteiger partial charge on any atom is 0.305 e. The van der Waals surface area contributed by atoms with E-state index in [-0.39, 0.29) is 18.7 Å². The number of allylic oxidation sites excluding steroid dienone is 1. The van der Waals surface area contributed by atoms with Gasteiger partial charge in [0.2, 0.25) is 0 Å². The van der Waals surface area contributed by atoms with E-state index in [1.165, 1.54) is 12.1 Å². The largest absolute Gasteiger partial charge is 0.481 e. The Balaban J connectivity index is 3.40. The van der Waals surface area contributed by atoms with Crippen LogP contribution >= 0.6 is 0 Å². The van der Waals surface area contributed by atoms with Crippen LogP contribution in [0.25, 0.3) is 0 Å². The molecule has 7 heteroatoms. The van der Waals surface area contributed by atoms with Crippen LogP contribution in [-0.4, -0.2) is 33.2 Å². The van der Waals surface area contributed by atoms with Crippen LogP contribution in [0.2, 0.25) is 0 Å². The molecule has 1 N–H and O–H groups in total. The number of carboxylic acid groups (broad SMARTS) is 1. The molecule has 1 unspecified atom stereocenters. The number of hydrogen-bond donors (Lipinski definition) is 1. The molecule has 0 aliphatic carbocycles. The first-order chi connectivity index (χ1) is 12.6. The summed E-state index contributed by atoms with van der Waals surface area (Å²) < 4.78 is 6.38. The number of rotatable bonds is 11. The Hall–Kier alpha value is -2.83. The molecule has 7 nitrogen and oxygen atoms in total. The van der Waals surface area contributed by atoms with Crippen LogP contribution in [0.15, 0.2) is 49.2 Å². The van der Waals surface area contributed by atoms with E-state index < -0.39 is 22.0 Å². The molecule has 27 heavy (non-hydrogen) atoms. The molecule has 0 radical (unpaired) electrons. The quantitative estimate of drug-likeness (QED) is 0.262.